The number of hydrogen-bond donors (Lipinski definition) is 2. The van der Waals surface area contributed by atoms with Crippen molar-refractivity contribution in [3.8, 4) is 17.1 Å². The normalized spacial score (nSPS) is 13.8. The average Bonchev–Trinajstić information content (AvgIpc) is 2.73. The van der Waals surface area contributed by atoms with Crippen LogP contribution < -0.4 is 16.2 Å². The Kier molecular flexibility index (Phi) is 5.53. The first-order chi connectivity index (χ1) is 14.6. The van der Waals surface area contributed by atoms with Gasteiger partial charge in [0, 0.05) is 49.5 Å². The predicted molar refractivity (Wildman–Crippen MR) is 111 cm³/mol. The lowest BCUT2D eigenvalue weighted by Crippen LogP contribution is -2.54. The number of anilines is 1. The summed E-state index contributed by atoms with van der Waals surface area (Å²) in [6.45, 7) is 0.798. The molecule has 1 fully saturated rings. The van der Waals surface area contributed by atoms with Crippen molar-refractivity contribution in [2.24, 2.45) is 11.7 Å². The summed E-state index contributed by atoms with van der Waals surface area (Å²) in [4.78, 5) is 39.2. The maximum atomic E-state index is 13.1. The summed E-state index contributed by atoms with van der Waals surface area (Å²) in [5.41, 5.74) is 7.29. The number of aryl methyl sites for hydroxylation is 1. The Bertz CT molecular complexity index is 1090. The largest absolute Gasteiger partial charge is 0.396 e. The molecule has 1 aromatic carbocycles. The van der Waals surface area contributed by atoms with Crippen molar-refractivity contribution in [1.29, 1.82) is 0 Å². The number of aliphatic hydroxyl groups excluding tert-OH is 1. The molecule has 2 aromatic heterocycles. The van der Waals surface area contributed by atoms with Gasteiger partial charge in [-0.1, -0.05) is 0 Å². The Labute approximate surface area is 172 Å². The lowest BCUT2D eigenvalue weighted by molar-refractivity contribution is -0.122. The van der Waals surface area contributed by atoms with Gasteiger partial charge in [0.2, 0.25) is 5.91 Å². The molecule has 0 aliphatic carbocycles. The number of nitrogens with two attached hydrogens (primary N) is 1. The zero-order valence-corrected chi connectivity index (χ0v) is 16.3. The fourth-order valence-corrected chi connectivity index (χ4v) is 3.36. The van der Waals surface area contributed by atoms with Crippen LogP contribution in [-0.2, 0) is 11.2 Å². The molecule has 3 N–H and O–H groups in total. The predicted octanol–water partition coefficient (Wildman–Crippen LogP) is 0.536. The van der Waals surface area contributed by atoms with Crippen LogP contribution in [0.15, 0.2) is 53.7 Å². The molecule has 30 heavy (non-hydrogen) atoms. The molecule has 154 valence electrons. The van der Waals surface area contributed by atoms with E-state index in [9.17, 15) is 9.59 Å². The molecule has 0 bridgehead atoms. The molecular formula is C21H22N6O3. The van der Waals surface area contributed by atoms with Crippen LogP contribution in [0.3, 0.4) is 0 Å². The quantitative estimate of drug-likeness (QED) is 0.586. The van der Waals surface area contributed by atoms with Crippen LogP contribution in [0.4, 0.5) is 5.82 Å². The van der Waals surface area contributed by atoms with Crippen LogP contribution in [0.25, 0.3) is 17.1 Å². The van der Waals surface area contributed by atoms with Crippen LogP contribution in [-0.4, -0.2) is 50.2 Å². The summed E-state index contributed by atoms with van der Waals surface area (Å²) >= 11 is 0. The summed E-state index contributed by atoms with van der Waals surface area (Å²) in [5, 5.41) is 9.17. The van der Waals surface area contributed by atoms with Crippen molar-refractivity contribution in [1.82, 2.24) is 19.5 Å². The number of aromatic nitrogens is 4. The van der Waals surface area contributed by atoms with Gasteiger partial charge in [-0.3, -0.25) is 14.2 Å². The van der Waals surface area contributed by atoms with E-state index in [2.05, 4.69) is 15.0 Å². The smallest absolute Gasteiger partial charge is 0.298 e. The first kappa shape index (κ1) is 19.7. The zero-order valence-electron chi connectivity index (χ0n) is 16.3. The first-order valence-corrected chi connectivity index (χ1v) is 9.72. The molecule has 0 atom stereocenters. The summed E-state index contributed by atoms with van der Waals surface area (Å²) in [7, 11) is 0. The highest BCUT2D eigenvalue weighted by molar-refractivity contribution is 5.80. The number of primary amides is 1. The summed E-state index contributed by atoms with van der Waals surface area (Å²) in [6, 6.07) is 9.13. The molecule has 0 radical (unpaired) electrons. The minimum absolute atomic E-state index is 0.0371. The highest BCUT2D eigenvalue weighted by Crippen LogP contribution is 2.22. The minimum Gasteiger partial charge on any atom is -0.396 e. The van der Waals surface area contributed by atoms with Crippen molar-refractivity contribution >= 4 is 11.7 Å². The Morgan fingerprint density at radius 2 is 1.87 bits per heavy atom. The van der Waals surface area contributed by atoms with E-state index >= 15 is 0 Å². The van der Waals surface area contributed by atoms with E-state index < -0.39 is 0 Å². The molecule has 1 aliphatic rings. The molecule has 3 heterocycles. The summed E-state index contributed by atoms with van der Waals surface area (Å²) in [6.07, 6.45) is 6.12. The van der Waals surface area contributed by atoms with Crippen molar-refractivity contribution in [3.63, 3.8) is 0 Å². The highest BCUT2D eigenvalue weighted by atomic mass is 16.3. The van der Waals surface area contributed by atoms with Crippen molar-refractivity contribution < 1.29 is 9.90 Å². The monoisotopic (exact) mass is 406 g/mol. The van der Waals surface area contributed by atoms with Gasteiger partial charge >= 0.3 is 0 Å². The Balaban J connectivity index is 1.69. The maximum absolute atomic E-state index is 13.1. The van der Waals surface area contributed by atoms with E-state index in [1.165, 1.54) is 0 Å². The number of aliphatic hydroxyl groups is 1. The molecule has 9 heteroatoms. The minimum atomic E-state index is -0.373. The standard InChI is InChI=1S/C21H22N6O3/c22-18(29)15-11-26(12-15)20-21(30)27(13-16(25-20)3-1-10-28)17-6-4-14(5-7-17)19-23-8-2-9-24-19/h2,4-9,13,15,28H,1,3,10-12H2,(H2,22,29). The second-order valence-electron chi connectivity index (χ2n) is 7.18. The zero-order chi connectivity index (χ0) is 21.1. The molecule has 0 saturated carbocycles. The molecule has 1 saturated heterocycles. The van der Waals surface area contributed by atoms with Crippen molar-refractivity contribution in [2.75, 3.05) is 24.6 Å². The molecule has 1 amide bonds. The number of hydrogen-bond acceptors (Lipinski definition) is 7. The number of amides is 1. The van der Waals surface area contributed by atoms with E-state index in [-0.39, 0.29) is 24.0 Å². The summed E-state index contributed by atoms with van der Waals surface area (Å²) < 4.78 is 1.54. The van der Waals surface area contributed by atoms with Gasteiger partial charge in [0.15, 0.2) is 11.6 Å². The topological polar surface area (TPSA) is 127 Å². The van der Waals surface area contributed by atoms with Gasteiger partial charge in [-0.25, -0.2) is 15.0 Å². The fourth-order valence-electron chi connectivity index (χ4n) is 3.36. The lowest BCUT2D eigenvalue weighted by Gasteiger charge is -2.38. The second-order valence-corrected chi connectivity index (χ2v) is 7.18. The van der Waals surface area contributed by atoms with Crippen LogP contribution in [0.5, 0.6) is 0 Å². The lowest BCUT2D eigenvalue weighted by atomic mass is 10.00. The third kappa shape index (κ3) is 3.92. The molecular weight excluding hydrogens is 384 g/mol. The van der Waals surface area contributed by atoms with E-state index in [0.29, 0.717) is 49.0 Å². The number of rotatable bonds is 7. The second kappa shape index (κ2) is 8.42. The molecule has 3 aromatic rings. The third-order valence-electron chi connectivity index (χ3n) is 5.08. The maximum Gasteiger partial charge on any atom is 0.298 e. The first-order valence-electron chi connectivity index (χ1n) is 9.72. The molecule has 0 unspecified atom stereocenters. The molecule has 1 aliphatic heterocycles. The SMILES string of the molecule is NC(=O)C1CN(c2nc(CCCO)cn(-c3ccc(-c4ncccn4)cc3)c2=O)C1. The number of benzene rings is 1. The molecule has 0 spiro atoms. The van der Waals surface area contributed by atoms with Gasteiger partial charge in [0.1, 0.15) is 0 Å². The van der Waals surface area contributed by atoms with E-state index in [1.807, 2.05) is 24.3 Å². The van der Waals surface area contributed by atoms with Crippen LogP contribution in [0.2, 0.25) is 0 Å². The molecule has 4 rings (SSSR count). The van der Waals surface area contributed by atoms with Gasteiger partial charge in [-0.15, -0.1) is 0 Å². The number of carbonyl (C=O) groups excluding carboxylic acids is 1. The number of carbonyl (C=O) groups is 1. The van der Waals surface area contributed by atoms with Crippen LogP contribution in [0.1, 0.15) is 12.1 Å². The Morgan fingerprint density at radius 3 is 2.50 bits per heavy atom. The van der Waals surface area contributed by atoms with Gasteiger partial charge < -0.3 is 15.7 Å². The van der Waals surface area contributed by atoms with Crippen molar-refractivity contribution in [3.05, 3.63) is 65.0 Å². The average molecular weight is 406 g/mol. The molecule has 9 nitrogen and oxygen atoms in total. The fraction of sp³-hybridized carbons (Fsp3) is 0.286. The Morgan fingerprint density at radius 1 is 1.17 bits per heavy atom. The van der Waals surface area contributed by atoms with Gasteiger partial charge in [-0.05, 0) is 43.2 Å². The van der Waals surface area contributed by atoms with Gasteiger partial charge in [0.05, 0.1) is 11.6 Å². The van der Waals surface area contributed by atoms with Crippen LogP contribution in [0, 0.1) is 5.92 Å². The van der Waals surface area contributed by atoms with Gasteiger partial charge in [0.25, 0.3) is 5.56 Å². The summed E-state index contributed by atoms with van der Waals surface area (Å²) in [5.74, 6) is 0.250. The van der Waals surface area contributed by atoms with E-state index in [4.69, 9.17) is 10.8 Å². The third-order valence-corrected chi connectivity index (χ3v) is 5.08. The number of nitrogens with zero attached hydrogens (tertiary/aromatic N) is 5. The highest BCUT2D eigenvalue weighted by Gasteiger charge is 2.34. The van der Waals surface area contributed by atoms with Crippen LogP contribution >= 0.6 is 0 Å². The van der Waals surface area contributed by atoms with E-state index in [0.717, 1.165) is 5.56 Å². The Hall–Kier alpha value is -3.59. The van der Waals surface area contributed by atoms with E-state index in [1.54, 1.807) is 34.1 Å². The van der Waals surface area contributed by atoms with Crippen molar-refractivity contribution in [2.45, 2.75) is 12.8 Å². The van der Waals surface area contributed by atoms with Gasteiger partial charge in [-0.2, -0.15) is 0 Å².